The smallest absolute Gasteiger partial charge is 0.256 e. The molecular formula is C14H10Br2ClNO2. The topological polar surface area (TPSA) is 38.3 Å². The van der Waals surface area contributed by atoms with E-state index in [2.05, 4.69) is 37.2 Å². The van der Waals surface area contributed by atoms with E-state index in [1.807, 2.05) is 6.07 Å². The molecule has 0 spiro atoms. The largest absolute Gasteiger partial charge is 0.495 e. The van der Waals surface area contributed by atoms with Gasteiger partial charge < -0.3 is 10.1 Å². The summed E-state index contributed by atoms with van der Waals surface area (Å²) in [4.78, 5) is 12.3. The van der Waals surface area contributed by atoms with Crippen LogP contribution in [0, 0.1) is 0 Å². The van der Waals surface area contributed by atoms with Gasteiger partial charge in [-0.15, -0.1) is 0 Å². The van der Waals surface area contributed by atoms with E-state index in [4.69, 9.17) is 16.3 Å². The molecule has 0 unspecified atom stereocenters. The number of ether oxygens (including phenoxy) is 1. The molecule has 2 aromatic carbocycles. The highest BCUT2D eigenvalue weighted by Gasteiger charge is 2.13. The van der Waals surface area contributed by atoms with Crippen LogP contribution in [0.2, 0.25) is 5.02 Å². The Morgan fingerprint density at radius 2 is 1.95 bits per heavy atom. The van der Waals surface area contributed by atoms with E-state index in [-0.39, 0.29) is 5.91 Å². The molecule has 0 radical (unpaired) electrons. The molecule has 2 rings (SSSR count). The third-order valence-corrected chi connectivity index (χ3v) is 4.00. The van der Waals surface area contributed by atoms with Crippen molar-refractivity contribution in [3.8, 4) is 5.75 Å². The predicted molar refractivity (Wildman–Crippen MR) is 87.8 cm³/mol. The number of methoxy groups -OCH3 is 1. The number of carbonyl (C=O) groups is 1. The van der Waals surface area contributed by atoms with E-state index in [9.17, 15) is 4.79 Å². The Balaban J connectivity index is 2.32. The highest BCUT2D eigenvalue weighted by atomic mass is 79.9. The van der Waals surface area contributed by atoms with Crippen LogP contribution in [-0.2, 0) is 0 Å². The standard InChI is InChI=1S/C14H10Br2ClNO2/c1-20-13-5-3-9(17)7-12(13)18-14(19)10-6-8(15)2-4-11(10)16/h2-7H,1H3,(H,18,19). The van der Waals surface area contributed by atoms with E-state index in [1.54, 1.807) is 30.3 Å². The molecule has 0 heterocycles. The molecule has 0 bridgehead atoms. The fraction of sp³-hybridized carbons (Fsp3) is 0.0714. The Hall–Kier alpha value is -1.04. The molecule has 0 aliphatic rings. The average molecular weight is 420 g/mol. The van der Waals surface area contributed by atoms with Crippen LogP contribution in [0.4, 0.5) is 5.69 Å². The van der Waals surface area contributed by atoms with Crippen LogP contribution in [0.5, 0.6) is 5.75 Å². The molecule has 1 N–H and O–H groups in total. The Bertz CT molecular complexity index is 662. The molecule has 0 aliphatic heterocycles. The number of hydrogen-bond donors (Lipinski definition) is 1. The van der Waals surface area contributed by atoms with Crippen LogP contribution in [0.25, 0.3) is 0 Å². The highest BCUT2D eigenvalue weighted by Crippen LogP contribution is 2.29. The maximum atomic E-state index is 12.3. The van der Waals surface area contributed by atoms with Crippen LogP contribution in [-0.4, -0.2) is 13.0 Å². The van der Waals surface area contributed by atoms with Gasteiger partial charge in [-0.05, 0) is 52.3 Å². The molecule has 0 aromatic heterocycles. The molecule has 0 aliphatic carbocycles. The molecule has 0 saturated heterocycles. The Morgan fingerprint density at radius 1 is 1.20 bits per heavy atom. The van der Waals surface area contributed by atoms with E-state index >= 15 is 0 Å². The molecule has 0 fully saturated rings. The van der Waals surface area contributed by atoms with Gasteiger partial charge in [0, 0.05) is 14.0 Å². The lowest BCUT2D eigenvalue weighted by atomic mass is 10.2. The van der Waals surface area contributed by atoms with E-state index in [0.717, 1.165) is 4.47 Å². The van der Waals surface area contributed by atoms with Gasteiger partial charge >= 0.3 is 0 Å². The van der Waals surface area contributed by atoms with Crippen molar-refractivity contribution >= 4 is 55.1 Å². The summed E-state index contributed by atoms with van der Waals surface area (Å²) in [6, 6.07) is 10.4. The molecule has 6 heteroatoms. The van der Waals surface area contributed by atoms with Gasteiger partial charge in [0.2, 0.25) is 0 Å². The van der Waals surface area contributed by atoms with E-state index in [0.29, 0.717) is 26.5 Å². The van der Waals surface area contributed by atoms with E-state index < -0.39 is 0 Å². The summed E-state index contributed by atoms with van der Waals surface area (Å²) in [6.45, 7) is 0. The van der Waals surface area contributed by atoms with Gasteiger partial charge in [-0.25, -0.2) is 0 Å². The number of amides is 1. The predicted octanol–water partition coefficient (Wildman–Crippen LogP) is 5.13. The SMILES string of the molecule is COc1ccc(Cl)cc1NC(=O)c1cc(Br)ccc1Br. The number of nitrogens with one attached hydrogen (secondary N) is 1. The van der Waals surface area contributed by atoms with Crippen LogP contribution in [0.1, 0.15) is 10.4 Å². The number of rotatable bonds is 3. The van der Waals surface area contributed by atoms with Crippen molar-refractivity contribution in [2.45, 2.75) is 0 Å². The lowest BCUT2D eigenvalue weighted by Gasteiger charge is -2.11. The number of benzene rings is 2. The first-order valence-electron chi connectivity index (χ1n) is 5.61. The van der Waals surface area contributed by atoms with Gasteiger partial charge in [-0.1, -0.05) is 27.5 Å². The molecule has 0 atom stereocenters. The van der Waals surface area contributed by atoms with Crippen molar-refractivity contribution in [2.75, 3.05) is 12.4 Å². The van der Waals surface area contributed by atoms with Crippen molar-refractivity contribution in [1.29, 1.82) is 0 Å². The Morgan fingerprint density at radius 3 is 2.65 bits per heavy atom. The highest BCUT2D eigenvalue weighted by molar-refractivity contribution is 9.11. The lowest BCUT2D eigenvalue weighted by Crippen LogP contribution is -2.13. The third-order valence-electron chi connectivity index (χ3n) is 2.58. The van der Waals surface area contributed by atoms with Gasteiger partial charge in [0.25, 0.3) is 5.91 Å². The summed E-state index contributed by atoms with van der Waals surface area (Å²) in [7, 11) is 1.54. The minimum atomic E-state index is -0.251. The van der Waals surface area contributed by atoms with Crippen LogP contribution >= 0.6 is 43.5 Å². The zero-order chi connectivity index (χ0) is 14.7. The minimum Gasteiger partial charge on any atom is -0.495 e. The first-order valence-corrected chi connectivity index (χ1v) is 7.57. The fourth-order valence-electron chi connectivity index (χ4n) is 1.64. The van der Waals surface area contributed by atoms with E-state index in [1.165, 1.54) is 7.11 Å². The second kappa shape index (κ2) is 6.61. The van der Waals surface area contributed by atoms with Gasteiger partial charge in [0.15, 0.2) is 0 Å². The number of hydrogen-bond acceptors (Lipinski definition) is 2. The molecular weight excluding hydrogens is 409 g/mol. The first-order chi connectivity index (χ1) is 9.51. The minimum absolute atomic E-state index is 0.251. The molecule has 0 saturated carbocycles. The second-order valence-electron chi connectivity index (χ2n) is 3.92. The number of carbonyl (C=O) groups excluding carboxylic acids is 1. The number of anilines is 1. The second-order valence-corrected chi connectivity index (χ2v) is 6.13. The quantitative estimate of drug-likeness (QED) is 0.749. The molecule has 3 nitrogen and oxygen atoms in total. The van der Waals surface area contributed by atoms with Crippen molar-refractivity contribution in [3.05, 3.63) is 55.9 Å². The first kappa shape index (κ1) is 15.4. The number of halogens is 3. The van der Waals surface area contributed by atoms with Gasteiger partial charge in [-0.3, -0.25) is 4.79 Å². The van der Waals surface area contributed by atoms with Crippen molar-refractivity contribution in [2.24, 2.45) is 0 Å². The van der Waals surface area contributed by atoms with Crippen molar-refractivity contribution in [3.63, 3.8) is 0 Å². The summed E-state index contributed by atoms with van der Waals surface area (Å²) in [6.07, 6.45) is 0. The summed E-state index contributed by atoms with van der Waals surface area (Å²) in [5.74, 6) is 0.299. The maximum Gasteiger partial charge on any atom is 0.256 e. The zero-order valence-corrected chi connectivity index (χ0v) is 14.3. The maximum absolute atomic E-state index is 12.3. The van der Waals surface area contributed by atoms with Crippen LogP contribution in [0.3, 0.4) is 0 Å². The zero-order valence-electron chi connectivity index (χ0n) is 10.4. The van der Waals surface area contributed by atoms with Crippen molar-refractivity contribution in [1.82, 2.24) is 0 Å². The monoisotopic (exact) mass is 417 g/mol. The van der Waals surface area contributed by atoms with Gasteiger partial charge in [-0.2, -0.15) is 0 Å². The normalized spacial score (nSPS) is 10.2. The van der Waals surface area contributed by atoms with Crippen molar-refractivity contribution < 1.29 is 9.53 Å². The Labute approximate surface area is 138 Å². The molecule has 1 amide bonds. The lowest BCUT2D eigenvalue weighted by molar-refractivity contribution is 0.102. The van der Waals surface area contributed by atoms with Gasteiger partial charge in [0.05, 0.1) is 18.4 Å². The molecule has 20 heavy (non-hydrogen) atoms. The van der Waals surface area contributed by atoms with Crippen LogP contribution < -0.4 is 10.1 Å². The summed E-state index contributed by atoms with van der Waals surface area (Å²) in [5.41, 5.74) is 1.04. The Kier molecular flexibility index (Phi) is 5.07. The fourth-order valence-corrected chi connectivity index (χ4v) is 2.60. The average Bonchev–Trinajstić information content (AvgIpc) is 2.41. The summed E-state index contributed by atoms with van der Waals surface area (Å²) < 4.78 is 6.73. The third kappa shape index (κ3) is 3.53. The summed E-state index contributed by atoms with van der Waals surface area (Å²) in [5, 5.41) is 3.31. The summed E-state index contributed by atoms with van der Waals surface area (Å²) >= 11 is 12.6. The van der Waals surface area contributed by atoms with Gasteiger partial charge in [0.1, 0.15) is 5.75 Å². The molecule has 104 valence electrons. The van der Waals surface area contributed by atoms with Crippen LogP contribution in [0.15, 0.2) is 45.3 Å². The molecule has 2 aromatic rings.